The summed E-state index contributed by atoms with van der Waals surface area (Å²) in [7, 11) is 0. The molecule has 0 amide bonds. The SMILES string of the molecule is CC(C)NCCCC(=O)c1ccc(C(F)(F)F)cc1. The molecule has 0 heterocycles. The van der Waals surface area contributed by atoms with Gasteiger partial charge < -0.3 is 5.32 Å². The van der Waals surface area contributed by atoms with Crippen LogP contribution in [-0.4, -0.2) is 18.4 Å². The van der Waals surface area contributed by atoms with E-state index >= 15 is 0 Å². The zero-order chi connectivity index (χ0) is 14.5. The van der Waals surface area contributed by atoms with Crippen molar-refractivity contribution >= 4 is 5.78 Å². The van der Waals surface area contributed by atoms with Crippen molar-refractivity contribution in [2.45, 2.75) is 38.9 Å². The maximum Gasteiger partial charge on any atom is 0.416 e. The molecular formula is C14H18F3NO. The number of alkyl halides is 3. The fourth-order valence-electron chi connectivity index (χ4n) is 1.63. The molecule has 0 spiro atoms. The van der Waals surface area contributed by atoms with Crippen LogP contribution in [0.1, 0.15) is 42.6 Å². The number of benzene rings is 1. The van der Waals surface area contributed by atoms with Crippen molar-refractivity contribution in [3.05, 3.63) is 35.4 Å². The molecule has 0 bridgehead atoms. The van der Waals surface area contributed by atoms with Crippen molar-refractivity contribution in [2.24, 2.45) is 0 Å². The lowest BCUT2D eigenvalue weighted by Gasteiger charge is -2.08. The van der Waals surface area contributed by atoms with Gasteiger partial charge in [0.15, 0.2) is 5.78 Å². The Labute approximate surface area is 111 Å². The van der Waals surface area contributed by atoms with Crippen molar-refractivity contribution in [2.75, 3.05) is 6.54 Å². The second-order valence-electron chi connectivity index (χ2n) is 4.71. The number of ketones is 1. The molecule has 0 unspecified atom stereocenters. The van der Waals surface area contributed by atoms with E-state index in [4.69, 9.17) is 0 Å². The Morgan fingerprint density at radius 1 is 1.21 bits per heavy atom. The second-order valence-corrected chi connectivity index (χ2v) is 4.71. The molecule has 0 radical (unpaired) electrons. The molecular weight excluding hydrogens is 255 g/mol. The molecule has 19 heavy (non-hydrogen) atoms. The second kappa shape index (κ2) is 6.70. The third kappa shape index (κ3) is 5.42. The largest absolute Gasteiger partial charge is 0.416 e. The average Bonchev–Trinajstić information content (AvgIpc) is 2.33. The molecule has 106 valence electrons. The molecule has 5 heteroatoms. The van der Waals surface area contributed by atoms with E-state index in [0.717, 1.165) is 18.7 Å². The standard InChI is InChI=1S/C14H18F3NO/c1-10(2)18-9-3-4-13(19)11-5-7-12(8-6-11)14(15,16)17/h5-8,10,18H,3-4,9H2,1-2H3. The van der Waals surface area contributed by atoms with Gasteiger partial charge in [-0.15, -0.1) is 0 Å². The average molecular weight is 273 g/mol. The number of hydrogen-bond acceptors (Lipinski definition) is 2. The number of rotatable bonds is 6. The minimum absolute atomic E-state index is 0.126. The van der Waals surface area contributed by atoms with Gasteiger partial charge in [-0.2, -0.15) is 13.2 Å². The quantitative estimate of drug-likeness (QED) is 0.633. The minimum Gasteiger partial charge on any atom is -0.315 e. The van der Waals surface area contributed by atoms with Crippen LogP contribution in [0.15, 0.2) is 24.3 Å². The van der Waals surface area contributed by atoms with E-state index in [2.05, 4.69) is 5.32 Å². The molecule has 0 aliphatic heterocycles. The third-order valence-electron chi connectivity index (χ3n) is 2.67. The lowest BCUT2D eigenvalue weighted by molar-refractivity contribution is -0.137. The van der Waals surface area contributed by atoms with Gasteiger partial charge >= 0.3 is 6.18 Å². The van der Waals surface area contributed by atoms with Gasteiger partial charge in [-0.1, -0.05) is 26.0 Å². The van der Waals surface area contributed by atoms with Crippen LogP contribution < -0.4 is 5.32 Å². The Hall–Kier alpha value is -1.36. The molecule has 1 aromatic carbocycles. The minimum atomic E-state index is -4.36. The number of halogens is 3. The van der Waals surface area contributed by atoms with Crippen LogP contribution in [0.3, 0.4) is 0 Å². The van der Waals surface area contributed by atoms with E-state index in [1.54, 1.807) is 0 Å². The fraction of sp³-hybridized carbons (Fsp3) is 0.500. The first-order valence-corrected chi connectivity index (χ1v) is 6.24. The Morgan fingerprint density at radius 2 is 1.79 bits per heavy atom. The summed E-state index contributed by atoms with van der Waals surface area (Å²) in [6.45, 7) is 4.75. The van der Waals surface area contributed by atoms with Crippen molar-refractivity contribution in [3.8, 4) is 0 Å². The molecule has 0 saturated carbocycles. The van der Waals surface area contributed by atoms with Gasteiger partial charge in [0, 0.05) is 18.0 Å². The van der Waals surface area contributed by atoms with Crippen molar-refractivity contribution in [1.82, 2.24) is 5.32 Å². The van der Waals surface area contributed by atoms with Gasteiger partial charge in [-0.3, -0.25) is 4.79 Å². The Kier molecular flexibility index (Phi) is 5.54. The van der Waals surface area contributed by atoms with Gasteiger partial charge in [0.25, 0.3) is 0 Å². The summed E-state index contributed by atoms with van der Waals surface area (Å²) >= 11 is 0. The summed E-state index contributed by atoms with van der Waals surface area (Å²) in [5, 5.41) is 3.18. The highest BCUT2D eigenvalue weighted by atomic mass is 19.4. The lowest BCUT2D eigenvalue weighted by Crippen LogP contribution is -2.24. The van der Waals surface area contributed by atoms with Crippen LogP contribution in [0.25, 0.3) is 0 Å². The van der Waals surface area contributed by atoms with Gasteiger partial charge in [0.2, 0.25) is 0 Å². The van der Waals surface area contributed by atoms with E-state index < -0.39 is 11.7 Å². The number of hydrogen-bond donors (Lipinski definition) is 1. The Morgan fingerprint density at radius 3 is 2.26 bits per heavy atom. The highest BCUT2D eigenvalue weighted by Gasteiger charge is 2.30. The predicted molar refractivity (Wildman–Crippen MR) is 68.1 cm³/mol. The molecule has 0 atom stereocenters. The summed E-state index contributed by atoms with van der Waals surface area (Å²) in [6.07, 6.45) is -3.34. The molecule has 0 aliphatic carbocycles. The number of carbonyl (C=O) groups excluding carboxylic acids is 1. The maximum atomic E-state index is 12.4. The van der Waals surface area contributed by atoms with Gasteiger partial charge in [-0.05, 0) is 25.1 Å². The monoisotopic (exact) mass is 273 g/mol. The van der Waals surface area contributed by atoms with E-state index in [9.17, 15) is 18.0 Å². The van der Waals surface area contributed by atoms with Crippen LogP contribution >= 0.6 is 0 Å². The zero-order valence-corrected chi connectivity index (χ0v) is 11.1. The Balaban J connectivity index is 2.49. The topological polar surface area (TPSA) is 29.1 Å². The summed E-state index contributed by atoms with van der Waals surface area (Å²) in [5.74, 6) is -0.126. The van der Waals surface area contributed by atoms with E-state index in [0.29, 0.717) is 24.4 Å². The highest BCUT2D eigenvalue weighted by Crippen LogP contribution is 2.29. The van der Waals surface area contributed by atoms with E-state index in [1.165, 1.54) is 12.1 Å². The molecule has 0 aromatic heterocycles. The summed E-state index contributed by atoms with van der Waals surface area (Å²) in [5.41, 5.74) is -0.400. The third-order valence-corrected chi connectivity index (χ3v) is 2.67. The van der Waals surface area contributed by atoms with E-state index in [-0.39, 0.29) is 5.78 Å². The van der Waals surface area contributed by atoms with Crippen LogP contribution in [0, 0.1) is 0 Å². The Bertz CT molecular complexity index is 410. The van der Waals surface area contributed by atoms with Crippen LogP contribution in [0.4, 0.5) is 13.2 Å². The first kappa shape index (κ1) is 15.7. The van der Waals surface area contributed by atoms with Gasteiger partial charge in [-0.25, -0.2) is 0 Å². The summed E-state index contributed by atoms with van der Waals surface area (Å²) in [6, 6.07) is 4.72. The molecule has 0 saturated heterocycles. The first-order valence-electron chi connectivity index (χ1n) is 6.24. The van der Waals surface area contributed by atoms with Crippen LogP contribution in [-0.2, 0) is 6.18 Å². The fourth-order valence-corrected chi connectivity index (χ4v) is 1.63. The molecule has 1 N–H and O–H groups in total. The molecule has 0 aliphatic rings. The molecule has 1 aromatic rings. The van der Waals surface area contributed by atoms with Crippen LogP contribution in [0.5, 0.6) is 0 Å². The normalized spacial score (nSPS) is 11.9. The maximum absolute atomic E-state index is 12.4. The van der Waals surface area contributed by atoms with Crippen molar-refractivity contribution in [3.63, 3.8) is 0 Å². The highest BCUT2D eigenvalue weighted by molar-refractivity contribution is 5.96. The molecule has 0 fully saturated rings. The zero-order valence-electron chi connectivity index (χ0n) is 11.1. The van der Waals surface area contributed by atoms with Gasteiger partial charge in [0.1, 0.15) is 0 Å². The van der Waals surface area contributed by atoms with E-state index in [1.807, 2.05) is 13.8 Å². The molecule has 2 nitrogen and oxygen atoms in total. The summed E-state index contributed by atoms with van der Waals surface area (Å²) < 4.78 is 37.1. The number of Topliss-reactive ketones (excluding diaryl/α,β-unsaturated/α-hetero) is 1. The van der Waals surface area contributed by atoms with Crippen molar-refractivity contribution < 1.29 is 18.0 Å². The van der Waals surface area contributed by atoms with Crippen molar-refractivity contribution in [1.29, 1.82) is 0 Å². The summed E-state index contributed by atoms with van der Waals surface area (Å²) in [4.78, 5) is 11.7. The predicted octanol–water partition coefficient (Wildman–Crippen LogP) is 3.67. The lowest BCUT2D eigenvalue weighted by atomic mass is 10.0. The number of carbonyl (C=O) groups is 1. The van der Waals surface area contributed by atoms with Crippen LogP contribution in [0.2, 0.25) is 0 Å². The van der Waals surface area contributed by atoms with Gasteiger partial charge in [0.05, 0.1) is 5.56 Å². The first-order chi connectivity index (χ1) is 8.80. The molecule has 1 rings (SSSR count). The smallest absolute Gasteiger partial charge is 0.315 e. The number of nitrogens with one attached hydrogen (secondary N) is 1.